The third-order valence-electron chi connectivity index (χ3n) is 4.32. The third-order valence-corrected chi connectivity index (χ3v) is 4.32. The first-order chi connectivity index (χ1) is 8.93. The van der Waals surface area contributed by atoms with Crippen molar-refractivity contribution in [1.29, 1.82) is 0 Å². The van der Waals surface area contributed by atoms with Crippen LogP contribution in [0.5, 0.6) is 0 Å². The van der Waals surface area contributed by atoms with Gasteiger partial charge in [-0.25, -0.2) is 0 Å². The molecule has 0 fully saturated rings. The van der Waals surface area contributed by atoms with Crippen LogP contribution in [0, 0.1) is 5.41 Å². The lowest BCUT2D eigenvalue weighted by Gasteiger charge is -2.45. The molecule has 106 valence electrons. The number of hydrogen-bond donors (Lipinski definition) is 1. The average Bonchev–Trinajstić information content (AvgIpc) is 2.37. The molecule has 2 rings (SSSR count). The fourth-order valence-corrected chi connectivity index (χ4v) is 3.44. The van der Waals surface area contributed by atoms with Gasteiger partial charge in [-0.15, -0.1) is 0 Å². The quantitative estimate of drug-likeness (QED) is 0.904. The fourth-order valence-electron chi connectivity index (χ4n) is 3.44. The van der Waals surface area contributed by atoms with Gasteiger partial charge in [0.05, 0.1) is 0 Å². The molecule has 2 unspecified atom stereocenters. The molecular formula is C17H28N2. The highest BCUT2D eigenvalue weighted by atomic mass is 15.2. The minimum absolute atomic E-state index is 0.224. The van der Waals surface area contributed by atoms with Gasteiger partial charge < -0.3 is 5.73 Å². The zero-order valence-electron chi connectivity index (χ0n) is 12.8. The van der Waals surface area contributed by atoms with Gasteiger partial charge in [0.1, 0.15) is 0 Å². The molecular weight excluding hydrogens is 232 g/mol. The molecule has 1 aliphatic heterocycles. The molecule has 1 aromatic rings. The van der Waals surface area contributed by atoms with Crippen LogP contribution in [0.15, 0.2) is 24.3 Å². The molecule has 0 aliphatic carbocycles. The molecule has 2 nitrogen and oxygen atoms in total. The van der Waals surface area contributed by atoms with E-state index in [1.165, 1.54) is 11.1 Å². The lowest BCUT2D eigenvalue weighted by molar-refractivity contribution is 0.0649. The first kappa shape index (κ1) is 14.5. The van der Waals surface area contributed by atoms with Crippen LogP contribution in [-0.2, 0) is 13.0 Å². The number of nitrogens with two attached hydrogens (primary N) is 1. The molecule has 0 spiro atoms. The van der Waals surface area contributed by atoms with E-state index >= 15 is 0 Å². The Morgan fingerprint density at radius 3 is 2.42 bits per heavy atom. The van der Waals surface area contributed by atoms with Crippen LogP contribution >= 0.6 is 0 Å². The van der Waals surface area contributed by atoms with Crippen molar-refractivity contribution in [1.82, 2.24) is 4.90 Å². The van der Waals surface area contributed by atoms with Gasteiger partial charge in [0.25, 0.3) is 0 Å². The van der Waals surface area contributed by atoms with E-state index in [9.17, 15) is 0 Å². The van der Waals surface area contributed by atoms with Crippen molar-refractivity contribution < 1.29 is 0 Å². The van der Waals surface area contributed by atoms with Gasteiger partial charge in [0, 0.05) is 25.2 Å². The number of fused-ring (bicyclic) bond motifs is 1. The minimum Gasteiger partial charge on any atom is -0.326 e. The molecule has 0 bridgehead atoms. The second kappa shape index (κ2) is 5.64. The molecule has 2 atom stereocenters. The zero-order valence-corrected chi connectivity index (χ0v) is 12.8. The predicted molar refractivity (Wildman–Crippen MR) is 82.1 cm³/mol. The smallest absolute Gasteiger partial charge is 0.0299 e. The van der Waals surface area contributed by atoms with E-state index in [1.54, 1.807) is 0 Å². The number of hydrogen-bond acceptors (Lipinski definition) is 2. The highest BCUT2D eigenvalue weighted by molar-refractivity contribution is 5.29. The van der Waals surface area contributed by atoms with Crippen LogP contribution in [-0.4, -0.2) is 23.5 Å². The van der Waals surface area contributed by atoms with Crippen molar-refractivity contribution in [3.05, 3.63) is 35.4 Å². The summed E-state index contributed by atoms with van der Waals surface area (Å²) < 4.78 is 0. The van der Waals surface area contributed by atoms with Gasteiger partial charge in [0.2, 0.25) is 0 Å². The maximum Gasteiger partial charge on any atom is 0.0299 e. The minimum atomic E-state index is 0.224. The second-order valence-electron chi connectivity index (χ2n) is 6.87. The monoisotopic (exact) mass is 260 g/mol. The van der Waals surface area contributed by atoms with Crippen LogP contribution in [0.1, 0.15) is 45.2 Å². The van der Waals surface area contributed by atoms with Crippen LogP contribution < -0.4 is 5.73 Å². The molecule has 0 saturated heterocycles. The first-order valence-electron chi connectivity index (χ1n) is 7.50. The summed E-state index contributed by atoms with van der Waals surface area (Å²) >= 11 is 0. The molecule has 2 heteroatoms. The van der Waals surface area contributed by atoms with Gasteiger partial charge in [-0.3, -0.25) is 4.90 Å². The molecule has 1 aromatic carbocycles. The van der Waals surface area contributed by atoms with E-state index in [-0.39, 0.29) is 11.5 Å². The van der Waals surface area contributed by atoms with E-state index in [0.29, 0.717) is 6.04 Å². The van der Waals surface area contributed by atoms with Crippen molar-refractivity contribution >= 4 is 0 Å². The van der Waals surface area contributed by atoms with Crippen molar-refractivity contribution in [3.63, 3.8) is 0 Å². The van der Waals surface area contributed by atoms with Gasteiger partial charge in [-0.05, 0) is 29.4 Å². The molecule has 0 aromatic heterocycles. The molecule has 19 heavy (non-hydrogen) atoms. The number of benzene rings is 1. The Bertz CT molecular complexity index is 420. The van der Waals surface area contributed by atoms with E-state index in [0.717, 1.165) is 25.9 Å². The van der Waals surface area contributed by atoms with E-state index < -0.39 is 0 Å². The van der Waals surface area contributed by atoms with Gasteiger partial charge >= 0.3 is 0 Å². The standard InChI is InChI=1S/C17H28N2/c1-5-15(18)16(17(2,3)4)19-11-10-13-8-6-7-9-14(13)12-19/h6-9,15-16H,5,10-12,18H2,1-4H3. The van der Waals surface area contributed by atoms with Gasteiger partial charge in [-0.2, -0.15) is 0 Å². The highest BCUT2D eigenvalue weighted by Crippen LogP contribution is 2.31. The van der Waals surface area contributed by atoms with Crippen LogP contribution in [0.4, 0.5) is 0 Å². The SMILES string of the molecule is CCC(N)C(N1CCc2ccccc2C1)C(C)(C)C. The van der Waals surface area contributed by atoms with Crippen molar-refractivity contribution in [2.24, 2.45) is 11.1 Å². The first-order valence-corrected chi connectivity index (χ1v) is 7.50. The van der Waals surface area contributed by atoms with Gasteiger partial charge in [0.15, 0.2) is 0 Å². The fraction of sp³-hybridized carbons (Fsp3) is 0.647. The molecule has 2 N–H and O–H groups in total. The molecule has 1 heterocycles. The number of rotatable bonds is 3. The topological polar surface area (TPSA) is 29.3 Å². The summed E-state index contributed by atoms with van der Waals surface area (Å²) in [5.41, 5.74) is 9.63. The third kappa shape index (κ3) is 3.18. The molecule has 0 saturated carbocycles. The summed E-state index contributed by atoms with van der Waals surface area (Å²) in [5, 5.41) is 0. The Morgan fingerprint density at radius 1 is 1.21 bits per heavy atom. The Kier molecular flexibility index (Phi) is 4.32. The second-order valence-corrected chi connectivity index (χ2v) is 6.87. The summed E-state index contributed by atoms with van der Waals surface area (Å²) in [4.78, 5) is 2.59. The molecule has 0 radical (unpaired) electrons. The summed E-state index contributed by atoms with van der Waals surface area (Å²) in [6.07, 6.45) is 2.19. The Balaban J connectivity index is 2.21. The Morgan fingerprint density at radius 2 is 1.84 bits per heavy atom. The predicted octanol–water partition coefficient (Wildman–Crippen LogP) is 3.20. The van der Waals surface area contributed by atoms with Crippen molar-refractivity contribution in [2.45, 2.75) is 59.2 Å². The molecule has 1 aliphatic rings. The van der Waals surface area contributed by atoms with Crippen molar-refractivity contribution in [3.8, 4) is 0 Å². The molecule has 0 amide bonds. The largest absolute Gasteiger partial charge is 0.326 e. The van der Waals surface area contributed by atoms with Crippen LogP contribution in [0.2, 0.25) is 0 Å². The zero-order chi connectivity index (χ0) is 14.0. The lowest BCUT2D eigenvalue weighted by Crippen LogP contribution is -2.55. The Hall–Kier alpha value is -0.860. The normalized spacial score (nSPS) is 19.8. The lowest BCUT2D eigenvalue weighted by atomic mass is 9.79. The van der Waals surface area contributed by atoms with E-state index in [1.807, 2.05) is 0 Å². The maximum absolute atomic E-state index is 6.41. The van der Waals surface area contributed by atoms with Gasteiger partial charge in [-0.1, -0.05) is 52.0 Å². The summed E-state index contributed by atoms with van der Waals surface area (Å²) in [6, 6.07) is 9.52. The maximum atomic E-state index is 6.41. The van der Waals surface area contributed by atoms with E-state index in [4.69, 9.17) is 5.73 Å². The highest BCUT2D eigenvalue weighted by Gasteiger charge is 2.35. The van der Waals surface area contributed by atoms with Crippen molar-refractivity contribution in [2.75, 3.05) is 6.54 Å². The Labute approximate surface area is 118 Å². The summed E-state index contributed by atoms with van der Waals surface area (Å²) in [5.74, 6) is 0. The summed E-state index contributed by atoms with van der Waals surface area (Å²) in [6.45, 7) is 11.3. The summed E-state index contributed by atoms with van der Waals surface area (Å²) in [7, 11) is 0. The van der Waals surface area contributed by atoms with Crippen LogP contribution in [0.25, 0.3) is 0 Å². The van der Waals surface area contributed by atoms with Crippen LogP contribution in [0.3, 0.4) is 0 Å². The van der Waals surface area contributed by atoms with E-state index in [2.05, 4.69) is 56.9 Å². The number of nitrogens with zero attached hydrogens (tertiary/aromatic N) is 1. The average molecular weight is 260 g/mol.